The van der Waals surface area contributed by atoms with Gasteiger partial charge in [0, 0.05) is 30.4 Å². The summed E-state index contributed by atoms with van der Waals surface area (Å²) in [5.41, 5.74) is 5.76. The number of hydrogen-bond donors (Lipinski definition) is 2. The van der Waals surface area contributed by atoms with E-state index >= 15 is 0 Å². The maximum Gasteiger partial charge on any atom is 0.188 e. The minimum atomic E-state index is 0. The van der Waals surface area contributed by atoms with E-state index in [0.29, 0.717) is 11.9 Å². The molecule has 0 atom stereocenters. The number of nitrogens with one attached hydrogen (secondary N) is 1. The Morgan fingerprint density at radius 2 is 2.37 bits per heavy atom. The van der Waals surface area contributed by atoms with E-state index in [0.717, 1.165) is 36.0 Å². The van der Waals surface area contributed by atoms with Gasteiger partial charge in [-0.1, -0.05) is 25.6 Å². The second-order valence-electron chi connectivity index (χ2n) is 4.38. The van der Waals surface area contributed by atoms with E-state index in [1.165, 1.54) is 0 Å². The molecule has 0 saturated carbocycles. The third kappa shape index (κ3) is 10.4. The van der Waals surface area contributed by atoms with Crippen LogP contribution < -0.4 is 11.1 Å². The first-order chi connectivity index (χ1) is 8.68. The number of guanidine groups is 1. The van der Waals surface area contributed by atoms with Gasteiger partial charge < -0.3 is 11.1 Å². The van der Waals surface area contributed by atoms with Gasteiger partial charge in [0.2, 0.25) is 0 Å². The van der Waals surface area contributed by atoms with Crippen molar-refractivity contribution in [2.24, 2.45) is 16.6 Å². The van der Waals surface area contributed by atoms with Gasteiger partial charge in [0.05, 0.1) is 0 Å². The van der Waals surface area contributed by atoms with E-state index in [2.05, 4.69) is 29.1 Å². The van der Waals surface area contributed by atoms with E-state index < -0.39 is 0 Å². The van der Waals surface area contributed by atoms with Crippen LogP contribution in [-0.2, 0) is 0 Å². The molecule has 0 unspecified atom stereocenters. The van der Waals surface area contributed by atoms with Crippen LogP contribution in [0.2, 0.25) is 0 Å². The minimum Gasteiger partial charge on any atom is -0.370 e. The number of thiazole rings is 1. The molecule has 3 N–H and O–H groups in total. The largest absolute Gasteiger partial charge is 0.370 e. The maximum atomic E-state index is 5.76. The first kappa shape index (κ1) is 19.0. The first-order valence-electron chi connectivity index (χ1n) is 6.24. The third-order valence-electron chi connectivity index (χ3n) is 2.25. The van der Waals surface area contributed by atoms with Crippen LogP contribution in [0.5, 0.6) is 0 Å². The van der Waals surface area contributed by atoms with Gasteiger partial charge in [0.15, 0.2) is 5.96 Å². The highest BCUT2D eigenvalue weighted by atomic mass is 127. The van der Waals surface area contributed by atoms with Crippen LogP contribution in [0.1, 0.15) is 26.7 Å². The lowest BCUT2D eigenvalue weighted by molar-refractivity contribution is 0.576. The lowest BCUT2D eigenvalue weighted by Gasteiger charge is -2.07. The molecule has 0 fully saturated rings. The van der Waals surface area contributed by atoms with Crippen molar-refractivity contribution in [3.8, 4) is 0 Å². The van der Waals surface area contributed by atoms with Crippen molar-refractivity contribution in [2.45, 2.75) is 31.0 Å². The first-order valence-corrected chi connectivity index (χ1v) is 8.11. The van der Waals surface area contributed by atoms with Gasteiger partial charge in [-0.15, -0.1) is 35.3 Å². The molecule has 19 heavy (non-hydrogen) atoms. The predicted molar refractivity (Wildman–Crippen MR) is 96.8 cm³/mol. The van der Waals surface area contributed by atoms with Crippen molar-refractivity contribution in [1.82, 2.24) is 10.3 Å². The van der Waals surface area contributed by atoms with Crippen LogP contribution in [0.15, 0.2) is 20.9 Å². The summed E-state index contributed by atoms with van der Waals surface area (Å²) in [6.07, 6.45) is 3.98. The number of halogens is 1. The van der Waals surface area contributed by atoms with Crippen LogP contribution in [0.4, 0.5) is 0 Å². The molecule has 0 radical (unpaired) electrons. The predicted octanol–water partition coefficient (Wildman–Crippen LogP) is 3.19. The number of aliphatic imine (C=N–C) groups is 1. The summed E-state index contributed by atoms with van der Waals surface area (Å²) >= 11 is 3.46. The number of thioether (sulfide) groups is 1. The molecule has 0 saturated heterocycles. The maximum absolute atomic E-state index is 5.76. The van der Waals surface area contributed by atoms with Crippen LogP contribution in [0.3, 0.4) is 0 Å². The Balaban J connectivity index is 0.00000324. The molecule has 1 aromatic heterocycles. The van der Waals surface area contributed by atoms with E-state index in [1.807, 2.05) is 11.6 Å². The summed E-state index contributed by atoms with van der Waals surface area (Å²) in [7, 11) is 0. The Bertz CT molecular complexity index is 342. The normalized spacial score (nSPS) is 11.4. The molecule has 0 amide bonds. The fourth-order valence-corrected chi connectivity index (χ4v) is 2.88. The highest BCUT2D eigenvalue weighted by Gasteiger charge is 1.97. The summed E-state index contributed by atoms with van der Waals surface area (Å²) in [4.78, 5) is 8.51. The molecule has 0 aliphatic rings. The van der Waals surface area contributed by atoms with E-state index in [4.69, 9.17) is 5.73 Å². The van der Waals surface area contributed by atoms with Crippen molar-refractivity contribution >= 4 is 53.0 Å². The lowest BCUT2D eigenvalue weighted by atomic mass is 10.1. The minimum absolute atomic E-state index is 0. The highest BCUT2D eigenvalue weighted by Crippen LogP contribution is 2.20. The van der Waals surface area contributed by atoms with Crippen molar-refractivity contribution in [3.63, 3.8) is 0 Å². The quantitative estimate of drug-likeness (QED) is 0.226. The SMILES string of the molecule is CC(C)CCNC(N)=NCCCSc1nccs1.I. The number of aromatic nitrogens is 1. The summed E-state index contributed by atoms with van der Waals surface area (Å²) in [6, 6.07) is 0. The molecular weight excluding hydrogens is 391 g/mol. The molecule has 110 valence electrons. The smallest absolute Gasteiger partial charge is 0.188 e. The Kier molecular flexibility index (Phi) is 11.8. The van der Waals surface area contributed by atoms with Gasteiger partial charge >= 0.3 is 0 Å². The fraction of sp³-hybridized carbons (Fsp3) is 0.667. The molecule has 0 aromatic carbocycles. The zero-order valence-electron chi connectivity index (χ0n) is 11.5. The molecule has 0 aliphatic heterocycles. The third-order valence-corrected chi connectivity index (χ3v) is 4.30. The Labute approximate surface area is 141 Å². The number of hydrogen-bond acceptors (Lipinski definition) is 4. The summed E-state index contributed by atoms with van der Waals surface area (Å²) in [6.45, 7) is 6.08. The molecule has 1 heterocycles. The molecule has 1 rings (SSSR count). The number of nitrogens with two attached hydrogens (primary N) is 1. The molecule has 0 spiro atoms. The number of rotatable bonds is 8. The molecule has 1 aromatic rings. The molecular formula is C12H23IN4S2. The Morgan fingerprint density at radius 1 is 1.58 bits per heavy atom. The standard InChI is InChI=1S/C12H22N4S2.HI/c1-10(2)4-6-15-11(13)14-5-3-8-17-12-16-7-9-18-12;/h7,9-10H,3-6,8H2,1-2H3,(H3,13,14,15);1H. The molecule has 0 bridgehead atoms. The van der Waals surface area contributed by atoms with E-state index in [-0.39, 0.29) is 24.0 Å². The van der Waals surface area contributed by atoms with Gasteiger partial charge in [-0.05, 0) is 18.8 Å². The van der Waals surface area contributed by atoms with Crippen molar-refractivity contribution < 1.29 is 0 Å². The summed E-state index contributed by atoms with van der Waals surface area (Å²) in [5.74, 6) is 2.30. The number of nitrogens with zero attached hydrogens (tertiary/aromatic N) is 2. The lowest BCUT2D eigenvalue weighted by Crippen LogP contribution is -2.33. The molecule has 7 heteroatoms. The second-order valence-corrected chi connectivity index (χ2v) is 6.61. The average Bonchev–Trinajstić information content (AvgIpc) is 2.81. The second kappa shape index (κ2) is 11.8. The van der Waals surface area contributed by atoms with Crippen molar-refractivity contribution in [1.29, 1.82) is 0 Å². The average molecular weight is 414 g/mol. The van der Waals surface area contributed by atoms with E-state index in [9.17, 15) is 0 Å². The highest BCUT2D eigenvalue weighted by molar-refractivity contribution is 14.0. The van der Waals surface area contributed by atoms with Gasteiger partial charge in [-0.2, -0.15) is 0 Å². The summed E-state index contributed by atoms with van der Waals surface area (Å²) in [5, 5.41) is 5.13. The topological polar surface area (TPSA) is 63.3 Å². The van der Waals surface area contributed by atoms with Gasteiger partial charge in [-0.25, -0.2) is 4.98 Å². The van der Waals surface area contributed by atoms with Crippen LogP contribution in [-0.4, -0.2) is 29.8 Å². The van der Waals surface area contributed by atoms with Gasteiger partial charge in [-0.3, -0.25) is 4.99 Å². The van der Waals surface area contributed by atoms with Crippen LogP contribution >= 0.6 is 47.1 Å². The Morgan fingerprint density at radius 3 is 3.00 bits per heavy atom. The van der Waals surface area contributed by atoms with Gasteiger partial charge in [0.25, 0.3) is 0 Å². The van der Waals surface area contributed by atoms with E-state index in [1.54, 1.807) is 23.1 Å². The van der Waals surface area contributed by atoms with Gasteiger partial charge in [0.1, 0.15) is 4.34 Å². The zero-order chi connectivity index (χ0) is 13.2. The fourth-order valence-electron chi connectivity index (χ4n) is 1.25. The molecule has 0 aliphatic carbocycles. The van der Waals surface area contributed by atoms with Crippen molar-refractivity contribution in [2.75, 3.05) is 18.8 Å². The Hall–Kier alpha value is -0.0200. The van der Waals surface area contributed by atoms with Crippen LogP contribution in [0, 0.1) is 5.92 Å². The molecule has 4 nitrogen and oxygen atoms in total. The zero-order valence-corrected chi connectivity index (χ0v) is 15.4. The van der Waals surface area contributed by atoms with Crippen LogP contribution in [0.25, 0.3) is 0 Å². The monoisotopic (exact) mass is 414 g/mol. The van der Waals surface area contributed by atoms with Crippen molar-refractivity contribution in [3.05, 3.63) is 11.6 Å². The summed E-state index contributed by atoms with van der Waals surface area (Å²) < 4.78 is 1.13.